The summed E-state index contributed by atoms with van der Waals surface area (Å²) in [6.07, 6.45) is 4.63. The molecule has 0 radical (unpaired) electrons. The maximum Gasteiger partial charge on any atom is 0.339 e. The molecule has 2 N–H and O–H groups in total. The molecule has 0 fully saturated rings. The number of hydrogen-bond donors (Lipinski definition) is 2. The van der Waals surface area contributed by atoms with Gasteiger partial charge in [0.15, 0.2) is 0 Å². The van der Waals surface area contributed by atoms with Crippen molar-refractivity contribution in [2.24, 2.45) is 0 Å². The van der Waals surface area contributed by atoms with Crippen LogP contribution in [0.5, 0.6) is 0 Å². The molecule has 1 atom stereocenters. The van der Waals surface area contributed by atoms with E-state index in [1.807, 2.05) is 6.92 Å². The fourth-order valence-corrected chi connectivity index (χ4v) is 1.88. The van der Waals surface area contributed by atoms with E-state index in [0.717, 1.165) is 12.2 Å². The van der Waals surface area contributed by atoms with Gasteiger partial charge in [-0.2, -0.15) is 11.8 Å². The molecule has 1 aromatic heterocycles. The Bertz CT molecular complexity index is 358. The van der Waals surface area contributed by atoms with Crippen LogP contribution >= 0.6 is 11.8 Å². The van der Waals surface area contributed by atoms with Gasteiger partial charge in [-0.25, -0.2) is 9.78 Å². The van der Waals surface area contributed by atoms with Gasteiger partial charge in [-0.1, -0.05) is 0 Å². The van der Waals surface area contributed by atoms with Gasteiger partial charge in [0, 0.05) is 12.2 Å². The Morgan fingerprint density at radius 3 is 3.06 bits per heavy atom. The van der Waals surface area contributed by atoms with E-state index in [1.54, 1.807) is 30.1 Å². The Morgan fingerprint density at radius 1 is 1.69 bits per heavy atom. The first-order valence-electron chi connectivity index (χ1n) is 5.09. The molecule has 0 aliphatic rings. The van der Waals surface area contributed by atoms with Gasteiger partial charge < -0.3 is 10.4 Å². The average molecular weight is 240 g/mol. The van der Waals surface area contributed by atoms with E-state index in [4.69, 9.17) is 5.11 Å². The summed E-state index contributed by atoms with van der Waals surface area (Å²) >= 11 is 1.77. The van der Waals surface area contributed by atoms with Crippen molar-refractivity contribution in [3.05, 3.63) is 23.9 Å². The van der Waals surface area contributed by atoms with Crippen LogP contribution in [-0.2, 0) is 0 Å². The molecule has 4 nitrogen and oxygen atoms in total. The Kier molecular flexibility index (Phi) is 5.11. The summed E-state index contributed by atoms with van der Waals surface area (Å²) in [6, 6.07) is 3.40. The summed E-state index contributed by atoms with van der Waals surface area (Å²) in [5.41, 5.74) is 0.221. The van der Waals surface area contributed by atoms with Gasteiger partial charge >= 0.3 is 5.97 Å². The van der Waals surface area contributed by atoms with Crippen molar-refractivity contribution in [3.8, 4) is 0 Å². The lowest BCUT2D eigenvalue weighted by Gasteiger charge is -2.15. The molecule has 5 heteroatoms. The smallest absolute Gasteiger partial charge is 0.339 e. The molecule has 0 saturated carbocycles. The molecule has 0 amide bonds. The molecule has 0 spiro atoms. The van der Waals surface area contributed by atoms with Crippen molar-refractivity contribution in [1.82, 2.24) is 4.98 Å². The van der Waals surface area contributed by atoms with E-state index in [1.165, 1.54) is 0 Å². The maximum atomic E-state index is 10.9. The van der Waals surface area contributed by atoms with Crippen molar-refractivity contribution < 1.29 is 9.90 Å². The molecular formula is C11H16N2O2S. The normalized spacial score (nSPS) is 12.1. The second-order valence-electron chi connectivity index (χ2n) is 3.53. The summed E-state index contributed by atoms with van der Waals surface area (Å²) in [7, 11) is 0. The first-order valence-corrected chi connectivity index (χ1v) is 6.48. The van der Waals surface area contributed by atoms with Crippen molar-refractivity contribution in [2.75, 3.05) is 17.3 Å². The van der Waals surface area contributed by atoms with Gasteiger partial charge in [0.25, 0.3) is 0 Å². The van der Waals surface area contributed by atoms with Gasteiger partial charge in [0.1, 0.15) is 11.4 Å². The minimum absolute atomic E-state index is 0.221. The maximum absolute atomic E-state index is 10.9. The van der Waals surface area contributed by atoms with Crippen LogP contribution in [0.1, 0.15) is 23.7 Å². The lowest BCUT2D eigenvalue weighted by Crippen LogP contribution is -2.19. The number of hydrogen-bond acceptors (Lipinski definition) is 4. The highest BCUT2D eigenvalue weighted by molar-refractivity contribution is 7.98. The summed E-state index contributed by atoms with van der Waals surface area (Å²) in [5, 5.41) is 12.1. The van der Waals surface area contributed by atoms with E-state index in [0.29, 0.717) is 5.82 Å². The largest absolute Gasteiger partial charge is 0.478 e. The van der Waals surface area contributed by atoms with Crippen molar-refractivity contribution >= 4 is 23.5 Å². The highest BCUT2D eigenvalue weighted by Crippen LogP contribution is 2.14. The van der Waals surface area contributed by atoms with E-state index in [2.05, 4.69) is 16.6 Å². The molecule has 0 aliphatic heterocycles. The molecule has 0 aliphatic carbocycles. The monoisotopic (exact) mass is 240 g/mol. The third-order valence-corrected chi connectivity index (χ3v) is 2.82. The number of aromatic carboxylic acids is 1. The van der Waals surface area contributed by atoms with E-state index < -0.39 is 5.97 Å². The summed E-state index contributed by atoms with van der Waals surface area (Å²) in [4.78, 5) is 15.0. The fraction of sp³-hybridized carbons (Fsp3) is 0.455. The topological polar surface area (TPSA) is 62.2 Å². The standard InChI is InChI=1S/C11H16N2O2S/c1-8(5-7-16-2)13-10-9(11(14)15)4-3-6-12-10/h3-4,6,8H,5,7H2,1-2H3,(H,12,13)(H,14,15). The number of nitrogens with zero attached hydrogens (tertiary/aromatic N) is 1. The summed E-state index contributed by atoms with van der Waals surface area (Å²) < 4.78 is 0. The Balaban J connectivity index is 2.69. The molecule has 88 valence electrons. The fourth-order valence-electron chi connectivity index (χ4n) is 1.29. The van der Waals surface area contributed by atoms with Crippen LogP contribution in [0.4, 0.5) is 5.82 Å². The zero-order chi connectivity index (χ0) is 12.0. The van der Waals surface area contributed by atoms with Crippen LogP contribution in [0.2, 0.25) is 0 Å². The number of anilines is 1. The molecule has 1 aromatic rings. The van der Waals surface area contributed by atoms with E-state index in [9.17, 15) is 4.79 Å². The molecule has 1 unspecified atom stereocenters. The third-order valence-electron chi connectivity index (χ3n) is 2.18. The number of rotatable bonds is 6. The van der Waals surface area contributed by atoms with Gasteiger partial charge in [-0.05, 0) is 37.5 Å². The first-order chi connectivity index (χ1) is 7.65. The quantitative estimate of drug-likeness (QED) is 0.799. The number of carboxylic acids is 1. The summed E-state index contributed by atoms with van der Waals surface area (Å²) in [6.45, 7) is 2.02. The molecule has 0 bridgehead atoms. The molecular weight excluding hydrogens is 224 g/mol. The van der Waals surface area contributed by atoms with Gasteiger partial charge in [0.2, 0.25) is 0 Å². The van der Waals surface area contributed by atoms with Crippen LogP contribution in [-0.4, -0.2) is 34.1 Å². The SMILES string of the molecule is CSCCC(C)Nc1ncccc1C(=O)O. The third kappa shape index (κ3) is 3.73. The predicted molar refractivity (Wildman–Crippen MR) is 67.3 cm³/mol. The number of carbonyl (C=O) groups is 1. The minimum atomic E-state index is -0.951. The summed E-state index contributed by atoms with van der Waals surface area (Å²) in [5.74, 6) is 0.542. The van der Waals surface area contributed by atoms with Crippen LogP contribution in [0.25, 0.3) is 0 Å². The second-order valence-corrected chi connectivity index (χ2v) is 4.52. The lowest BCUT2D eigenvalue weighted by atomic mass is 10.2. The molecule has 0 aromatic carbocycles. The van der Waals surface area contributed by atoms with Crippen LogP contribution in [0.15, 0.2) is 18.3 Å². The van der Waals surface area contributed by atoms with Crippen LogP contribution in [0, 0.1) is 0 Å². The molecule has 1 rings (SSSR count). The number of aromatic nitrogens is 1. The molecule has 16 heavy (non-hydrogen) atoms. The van der Waals surface area contributed by atoms with Gasteiger partial charge in [-0.3, -0.25) is 0 Å². The Hall–Kier alpha value is -1.23. The van der Waals surface area contributed by atoms with E-state index in [-0.39, 0.29) is 11.6 Å². The number of thioether (sulfide) groups is 1. The minimum Gasteiger partial charge on any atom is -0.478 e. The van der Waals surface area contributed by atoms with E-state index >= 15 is 0 Å². The predicted octanol–water partition coefficient (Wildman–Crippen LogP) is 2.33. The molecule has 0 saturated heterocycles. The highest BCUT2D eigenvalue weighted by Gasteiger charge is 2.12. The van der Waals surface area contributed by atoms with Crippen LogP contribution in [0.3, 0.4) is 0 Å². The van der Waals surface area contributed by atoms with Crippen molar-refractivity contribution in [2.45, 2.75) is 19.4 Å². The Labute approximate surface area is 99.5 Å². The van der Waals surface area contributed by atoms with Crippen LogP contribution < -0.4 is 5.32 Å². The average Bonchev–Trinajstić information content (AvgIpc) is 2.27. The lowest BCUT2D eigenvalue weighted by molar-refractivity contribution is 0.0697. The molecule has 1 heterocycles. The number of carboxylic acid groups (broad SMARTS) is 1. The van der Waals surface area contributed by atoms with Crippen molar-refractivity contribution in [3.63, 3.8) is 0 Å². The highest BCUT2D eigenvalue weighted by atomic mass is 32.2. The first kappa shape index (κ1) is 12.8. The van der Waals surface area contributed by atoms with Gasteiger partial charge in [-0.15, -0.1) is 0 Å². The van der Waals surface area contributed by atoms with Crippen molar-refractivity contribution in [1.29, 1.82) is 0 Å². The number of nitrogens with one attached hydrogen (secondary N) is 1. The van der Waals surface area contributed by atoms with Gasteiger partial charge in [0.05, 0.1) is 0 Å². The Morgan fingerprint density at radius 2 is 2.44 bits per heavy atom. The zero-order valence-electron chi connectivity index (χ0n) is 9.43. The number of pyridine rings is 1. The zero-order valence-corrected chi connectivity index (χ0v) is 10.3. The second kappa shape index (κ2) is 6.37.